The molecule has 1 amide bonds. The third kappa shape index (κ3) is 4.27. The largest absolute Gasteiger partial charge is 0.378 e. The molecule has 5 nitrogen and oxygen atoms in total. The molecule has 0 saturated heterocycles. The first-order valence-electron chi connectivity index (χ1n) is 8.75. The predicted molar refractivity (Wildman–Crippen MR) is 105 cm³/mol. The number of carbonyl (C=O) groups excluding carboxylic acids is 1. The van der Waals surface area contributed by atoms with E-state index in [-0.39, 0.29) is 12.4 Å². The predicted octanol–water partition coefficient (Wildman–Crippen LogP) is 3.86. The van der Waals surface area contributed by atoms with Gasteiger partial charge in [-0.3, -0.25) is 4.79 Å². The molecule has 3 aromatic rings. The van der Waals surface area contributed by atoms with Crippen LogP contribution in [0.2, 0.25) is 0 Å². The molecule has 28 heavy (non-hydrogen) atoms. The maximum Gasteiger partial charge on any atom is 0.257 e. The van der Waals surface area contributed by atoms with Gasteiger partial charge in [-0.25, -0.2) is 4.39 Å². The minimum atomic E-state index is -1.65. The van der Waals surface area contributed by atoms with Crippen molar-refractivity contribution in [3.05, 3.63) is 77.9 Å². The topological polar surface area (TPSA) is 78.0 Å². The van der Waals surface area contributed by atoms with Crippen molar-refractivity contribution in [1.29, 1.82) is 5.26 Å². The molecule has 0 aliphatic carbocycles. The maximum absolute atomic E-state index is 13.1. The van der Waals surface area contributed by atoms with Gasteiger partial charge in [-0.1, -0.05) is 12.1 Å². The molecule has 0 spiro atoms. The van der Waals surface area contributed by atoms with Crippen molar-refractivity contribution in [2.75, 3.05) is 5.32 Å². The van der Waals surface area contributed by atoms with Crippen molar-refractivity contribution in [3.63, 3.8) is 0 Å². The average Bonchev–Trinajstić information content (AvgIpc) is 3.10. The second kappa shape index (κ2) is 7.67. The van der Waals surface area contributed by atoms with Gasteiger partial charge in [-0.2, -0.15) is 5.26 Å². The Balaban J connectivity index is 1.71. The number of aliphatic hydroxyl groups is 1. The molecule has 0 bridgehead atoms. The summed E-state index contributed by atoms with van der Waals surface area (Å²) in [5.41, 5.74) is 1.85. The number of hydrogen-bond donors (Lipinski definition) is 2. The molecule has 2 aromatic carbocycles. The van der Waals surface area contributed by atoms with Crippen molar-refractivity contribution >= 4 is 11.6 Å². The Hall–Kier alpha value is -3.43. The molecular weight excluding hydrogens is 357 g/mol. The third-order valence-corrected chi connectivity index (χ3v) is 4.51. The first-order valence-corrected chi connectivity index (χ1v) is 8.75. The van der Waals surface area contributed by atoms with Gasteiger partial charge in [0, 0.05) is 18.1 Å². The summed E-state index contributed by atoms with van der Waals surface area (Å²) < 4.78 is 14.8. The van der Waals surface area contributed by atoms with E-state index in [0.29, 0.717) is 11.3 Å². The lowest BCUT2D eigenvalue weighted by atomic mass is 10.0. The lowest BCUT2D eigenvalue weighted by Gasteiger charge is -2.23. The molecule has 3 rings (SSSR count). The second-order valence-corrected chi connectivity index (χ2v) is 6.95. The third-order valence-electron chi connectivity index (χ3n) is 4.51. The van der Waals surface area contributed by atoms with Crippen molar-refractivity contribution < 1.29 is 14.3 Å². The summed E-state index contributed by atoms with van der Waals surface area (Å²) in [5, 5.41) is 22.3. The van der Waals surface area contributed by atoms with Crippen molar-refractivity contribution in [2.45, 2.75) is 26.0 Å². The van der Waals surface area contributed by atoms with Gasteiger partial charge in [0.25, 0.3) is 5.91 Å². The first-order chi connectivity index (χ1) is 13.3. The Morgan fingerprint density at radius 1 is 1.21 bits per heavy atom. The number of nitriles is 1. The van der Waals surface area contributed by atoms with Crippen LogP contribution in [0.5, 0.6) is 0 Å². The number of benzene rings is 2. The SMILES string of the molecule is Cc1cc(NC(=O)[C@@](C)(O)Cn2ccc(-c3ccc(F)cc3)c2)ccc1C#N. The summed E-state index contributed by atoms with van der Waals surface area (Å²) >= 11 is 0. The Labute approximate surface area is 162 Å². The van der Waals surface area contributed by atoms with E-state index in [4.69, 9.17) is 5.26 Å². The monoisotopic (exact) mass is 377 g/mol. The smallest absolute Gasteiger partial charge is 0.257 e. The number of amides is 1. The van der Waals surface area contributed by atoms with Gasteiger partial charge in [0.2, 0.25) is 0 Å². The van der Waals surface area contributed by atoms with Crippen LogP contribution >= 0.6 is 0 Å². The van der Waals surface area contributed by atoms with Crippen LogP contribution in [0.25, 0.3) is 11.1 Å². The fourth-order valence-electron chi connectivity index (χ4n) is 2.91. The average molecular weight is 377 g/mol. The molecule has 6 heteroatoms. The summed E-state index contributed by atoms with van der Waals surface area (Å²) in [4.78, 5) is 12.5. The Bertz CT molecular complexity index is 1050. The van der Waals surface area contributed by atoms with Crippen LogP contribution in [-0.4, -0.2) is 21.2 Å². The molecule has 0 radical (unpaired) electrons. The van der Waals surface area contributed by atoms with Crippen LogP contribution in [-0.2, 0) is 11.3 Å². The highest BCUT2D eigenvalue weighted by atomic mass is 19.1. The zero-order valence-electron chi connectivity index (χ0n) is 15.6. The summed E-state index contributed by atoms with van der Waals surface area (Å²) in [6.45, 7) is 3.27. The van der Waals surface area contributed by atoms with E-state index in [0.717, 1.165) is 16.7 Å². The normalized spacial score (nSPS) is 12.8. The summed E-state index contributed by atoms with van der Waals surface area (Å²) in [6.07, 6.45) is 3.55. The molecule has 0 aliphatic rings. The minimum Gasteiger partial charge on any atom is -0.378 e. The van der Waals surface area contributed by atoms with Crippen LogP contribution in [0.1, 0.15) is 18.1 Å². The van der Waals surface area contributed by atoms with E-state index in [1.165, 1.54) is 19.1 Å². The number of anilines is 1. The van der Waals surface area contributed by atoms with Crippen LogP contribution in [0.4, 0.5) is 10.1 Å². The van der Waals surface area contributed by atoms with Crippen LogP contribution in [0.15, 0.2) is 60.9 Å². The highest BCUT2D eigenvalue weighted by molar-refractivity contribution is 5.96. The van der Waals surface area contributed by atoms with E-state index < -0.39 is 11.5 Å². The molecule has 142 valence electrons. The molecular formula is C22H20FN3O2. The van der Waals surface area contributed by atoms with Gasteiger partial charge >= 0.3 is 0 Å². The standard InChI is InChI=1S/C22H20FN3O2/c1-15-11-20(8-5-17(15)12-24)25-21(27)22(2,28)14-26-10-9-18(13-26)16-3-6-19(23)7-4-16/h3-11,13,28H,14H2,1-2H3,(H,25,27)/t22-/m0/s1. The van der Waals surface area contributed by atoms with Crippen molar-refractivity contribution in [1.82, 2.24) is 4.57 Å². The second-order valence-electron chi connectivity index (χ2n) is 6.95. The first kappa shape index (κ1) is 19.3. The molecule has 0 unspecified atom stereocenters. The highest BCUT2D eigenvalue weighted by Crippen LogP contribution is 2.22. The number of nitrogens with one attached hydrogen (secondary N) is 1. The van der Waals surface area contributed by atoms with Crippen molar-refractivity contribution in [3.8, 4) is 17.2 Å². The molecule has 1 heterocycles. The quantitative estimate of drug-likeness (QED) is 0.709. The molecule has 2 N–H and O–H groups in total. The van der Waals surface area contributed by atoms with E-state index in [1.54, 1.807) is 54.2 Å². The number of aryl methyl sites for hydroxylation is 1. The fraction of sp³-hybridized carbons (Fsp3) is 0.182. The van der Waals surface area contributed by atoms with Gasteiger partial charge in [0.1, 0.15) is 5.82 Å². The van der Waals surface area contributed by atoms with E-state index in [9.17, 15) is 14.3 Å². The van der Waals surface area contributed by atoms with Crippen LogP contribution in [0, 0.1) is 24.1 Å². The number of carbonyl (C=O) groups is 1. The highest BCUT2D eigenvalue weighted by Gasteiger charge is 2.31. The number of halogens is 1. The number of aromatic nitrogens is 1. The van der Waals surface area contributed by atoms with Crippen molar-refractivity contribution in [2.24, 2.45) is 0 Å². The Kier molecular flexibility index (Phi) is 5.30. The van der Waals surface area contributed by atoms with Gasteiger partial charge in [-0.15, -0.1) is 0 Å². The van der Waals surface area contributed by atoms with Gasteiger partial charge in [-0.05, 0) is 66.9 Å². The van der Waals surface area contributed by atoms with Gasteiger partial charge in [0.15, 0.2) is 5.60 Å². The zero-order valence-corrected chi connectivity index (χ0v) is 15.6. The minimum absolute atomic E-state index is 0.0509. The van der Waals surface area contributed by atoms with Crippen LogP contribution in [0.3, 0.4) is 0 Å². The lowest BCUT2D eigenvalue weighted by molar-refractivity contribution is -0.133. The van der Waals surface area contributed by atoms with E-state index in [1.807, 2.05) is 6.07 Å². The van der Waals surface area contributed by atoms with E-state index >= 15 is 0 Å². The molecule has 0 aliphatic heterocycles. The Morgan fingerprint density at radius 3 is 2.57 bits per heavy atom. The Morgan fingerprint density at radius 2 is 1.93 bits per heavy atom. The van der Waals surface area contributed by atoms with Gasteiger partial charge < -0.3 is 15.0 Å². The van der Waals surface area contributed by atoms with E-state index in [2.05, 4.69) is 11.4 Å². The molecule has 0 fully saturated rings. The molecule has 1 atom stereocenters. The fourth-order valence-corrected chi connectivity index (χ4v) is 2.91. The number of rotatable bonds is 5. The summed E-state index contributed by atoms with van der Waals surface area (Å²) in [6, 6.07) is 15.0. The number of nitrogens with zero attached hydrogens (tertiary/aromatic N) is 2. The maximum atomic E-state index is 13.1. The molecule has 1 aromatic heterocycles. The zero-order chi connectivity index (χ0) is 20.3. The summed E-state index contributed by atoms with van der Waals surface area (Å²) in [7, 11) is 0. The van der Waals surface area contributed by atoms with Gasteiger partial charge in [0.05, 0.1) is 18.2 Å². The number of hydrogen-bond acceptors (Lipinski definition) is 3. The molecule has 0 saturated carbocycles. The van der Waals surface area contributed by atoms with Crippen LogP contribution < -0.4 is 5.32 Å². The summed E-state index contributed by atoms with van der Waals surface area (Å²) in [5.74, 6) is -0.852. The lowest BCUT2D eigenvalue weighted by Crippen LogP contribution is -2.43.